The lowest BCUT2D eigenvalue weighted by molar-refractivity contribution is 0.262. The second kappa shape index (κ2) is 9.34. The van der Waals surface area contributed by atoms with E-state index in [0.717, 1.165) is 23.7 Å². The SMILES string of the molecule is CCN(CC)C(=S)c1ncccc1NC(=O)Nc1csc(-c2ccncc2)n1. The molecule has 3 aromatic heterocycles. The van der Waals surface area contributed by atoms with E-state index in [1.165, 1.54) is 11.3 Å². The summed E-state index contributed by atoms with van der Waals surface area (Å²) in [6.45, 7) is 5.60. The summed E-state index contributed by atoms with van der Waals surface area (Å²) in [5.41, 5.74) is 2.08. The molecule has 3 heterocycles. The summed E-state index contributed by atoms with van der Waals surface area (Å²) >= 11 is 6.99. The molecule has 9 heteroatoms. The molecule has 2 N–H and O–H groups in total. The van der Waals surface area contributed by atoms with Crippen LogP contribution in [0.25, 0.3) is 10.6 Å². The first kappa shape index (κ1) is 19.8. The largest absolute Gasteiger partial charge is 0.362 e. The minimum Gasteiger partial charge on any atom is -0.362 e. The Morgan fingerprint density at radius 1 is 1.14 bits per heavy atom. The van der Waals surface area contributed by atoms with E-state index in [-0.39, 0.29) is 0 Å². The quantitative estimate of drug-likeness (QED) is 0.589. The highest BCUT2D eigenvalue weighted by atomic mass is 32.1. The molecule has 0 bridgehead atoms. The summed E-state index contributed by atoms with van der Waals surface area (Å²) in [5, 5.41) is 8.17. The summed E-state index contributed by atoms with van der Waals surface area (Å²) < 4.78 is 0. The Labute approximate surface area is 172 Å². The molecule has 28 heavy (non-hydrogen) atoms. The topological polar surface area (TPSA) is 83.0 Å². The van der Waals surface area contributed by atoms with Crippen LogP contribution in [0.15, 0.2) is 48.2 Å². The molecular weight excluding hydrogens is 392 g/mol. The van der Waals surface area contributed by atoms with E-state index in [1.54, 1.807) is 36.1 Å². The van der Waals surface area contributed by atoms with Gasteiger partial charge in [0.1, 0.15) is 21.5 Å². The van der Waals surface area contributed by atoms with Crippen molar-refractivity contribution in [2.45, 2.75) is 13.8 Å². The van der Waals surface area contributed by atoms with Gasteiger partial charge in [-0.25, -0.2) is 9.78 Å². The molecule has 0 aliphatic carbocycles. The molecular formula is C19H20N6OS2. The number of hydrogen-bond acceptors (Lipinski definition) is 6. The molecule has 0 unspecified atom stereocenters. The first-order valence-electron chi connectivity index (χ1n) is 8.80. The molecule has 0 saturated heterocycles. The number of rotatable bonds is 6. The van der Waals surface area contributed by atoms with Gasteiger partial charge in [0.2, 0.25) is 0 Å². The van der Waals surface area contributed by atoms with Crippen molar-refractivity contribution in [3.05, 3.63) is 53.9 Å². The predicted molar refractivity (Wildman–Crippen MR) is 117 cm³/mol. The number of carbonyl (C=O) groups excluding carboxylic acids is 1. The van der Waals surface area contributed by atoms with Gasteiger partial charge in [0.25, 0.3) is 0 Å². The highest BCUT2D eigenvalue weighted by molar-refractivity contribution is 7.80. The van der Waals surface area contributed by atoms with Crippen LogP contribution in [-0.4, -0.2) is 44.0 Å². The molecule has 0 saturated carbocycles. The summed E-state index contributed by atoms with van der Waals surface area (Å²) in [5.74, 6) is 0.478. The van der Waals surface area contributed by atoms with E-state index in [0.29, 0.717) is 22.2 Å². The number of aromatic nitrogens is 3. The number of carbonyl (C=O) groups is 1. The number of pyridine rings is 2. The lowest BCUT2D eigenvalue weighted by Crippen LogP contribution is -2.31. The zero-order valence-electron chi connectivity index (χ0n) is 15.5. The van der Waals surface area contributed by atoms with Crippen molar-refractivity contribution in [3.63, 3.8) is 0 Å². The maximum absolute atomic E-state index is 12.5. The van der Waals surface area contributed by atoms with Gasteiger partial charge >= 0.3 is 6.03 Å². The first-order valence-corrected chi connectivity index (χ1v) is 10.1. The highest BCUT2D eigenvalue weighted by Gasteiger charge is 2.16. The minimum absolute atomic E-state index is 0.400. The van der Waals surface area contributed by atoms with Crippen molar-refractivity contribution < 1.29 is 4.79 Å². The van der Waals surface area contributed by atoms with Crippen molar-refractivity contribution in [2.75, 3.05) is 23.7 Å². The monoisotopic (exact) mass is 412 g/mol. The van der Waals surface area contributed by atoms with Crippen LogP contribution < -0.4 is 10.6 Å². The Kier molecular flexibility index (Phi) is 6.62. The van der Waals surface area contributed by atoms with Gasteiger partial charge in [-0.05, 0) is 38.1 Å². The molecule has 0 spiro atoms. The number of thiocarbonyl (C=S) groups is 1. The van der Waals surface area contributed by atoms with E-state index in [9.17, 15) is 4.79 Å². The molecule has 0 aliphatic heterocycles. The Bertz CT molecular complexity index is 956. The number of urea groups is 1. The third-order valence-electron chi connectivity index (χ3n) is 3.98. The van der Waals surface area contributed by atoms with Gasteiger partial charge in [-0.2, -0.15) is 0 Å². The molecule has 7 nitrogen and oxygen atoms in total. The average molecular weight is 413 g/mol. The van der Waals surface area contributed by atoms with Crippen molar-refractivity contribution >= 4 is 46.1 Å². The number of anilines is 2. The fraction of sp³-hybridized carbons (Fsp3) is 0.211. The molecule has 0 radical (unpaired) electrons. The second-order valence-corrected chi connectivity index (χ2v) is 6.97. The smallest absolute Gasteiger partial charge is 0.324 e. The van der Waals surface area contributed by atoms with Crippen molar-refractivity contribution in [1.29, 1.82) is 0 Å². The average Bonchev–Trinajstić information content (AvgIpc) is 3.18. The van der Waals surface area contributed by atoms with Crippen molar-refractivity contribution in [1.82, 2.24) is 19.9 Å². The zero-order chi connectivity index (χ0) is 19.9. The molecule has 3 aromatic rings. The summed E-state index contributed by atoms with van der Waals surface area (Å²) in [7, 11) is 0. The van der Waals surface area contributed by atoms with Crippen LogP contribution in [0.4, 0.5) is 16.3 Å². The lowest BCUT2D eigenvalue weighted by Gasteiger charge is -2.22. The summed E-state index contributed by atoms with van der Waals surface area (Å²) in [6, 6.07) is 6.88. The van der Waals surface area contributed by atoms with Gasteiger partial charge in [-0.3, -0.25) is 15.3 Å². The van der Waals surface area contributed by atoms with Crippen LogP contribution in [0.2, 0.25) is 0 Å². The number of hydrogen-bond donors (Lipinski definition) is 2. The molecule has 2 amide bonds. The van der Waals surface area contributed by atoms with E-state index >= 15 is 0 Å². The fourth-order valence-electron chi connectivity index (χ4n) is 2.57. The Balaban J connectivity index is 1.71. The number of nitrogens with one attached hydrogen (secondary N) is 2. The molecule has 144 valence electrons. The van der Waals surface area contributed by atoms with Crippen LogP contribution >= 0.6 is 23.6 Å². The maximum atomic E-state index is 12.5. The summed E-state index contributed by atoms with van der Waals surface area (Å²) in [4.78, 5) is 27.9. The Hall–Kier alpha value is -2.91. The first-order chi connectivity index (χ1) is 13.6. The van der Waals surface area contributed by atoms with E-state index in [4.69, 9.17) is 12.2 Å². The predicted octanol–water partition coefficient (Wildman–Crippen LogP) is 4.26. The van der Waals surface area contributed by atoms with Crippen LogP contribution in [-0.2, 0) is 0 Å². The third-order valence-corrected chi connectivity index (χ3v) is 5.33. The molecule has 0 fully saturated rings. The van der Waals surface area contributed by atoms with Crippen LogP contribution in [0.3, 0.4) is 0 Å². The van der Waals surface area contributed by atoms with Crippen LogP contribution in [0, 0.1) is 0 Å². The molecule has 0 atom stereocenters. The van der Waals surface area contributed by atoms with E-state index < -0.39 is 6.03 Å². The molecule has 0 aliphatic rings. The number of thiazole rings is 1. The Morgan fingerprint density at radius 3 is 2.61 bits per heavy atom. The fourth-order valence-corrected chi connectivity index (χ4v) is 3.74. The lowest BCUT2D eigenvalue weighted by atomic mass is 10.2. The van der Waals surface area contributed by atoms with Gasteiger partial charge < -0.3 is 10.2 Å². The van der Waals surface area contributed by atoms with Crippen LogP contribution in [0.5, 0.6) is 0 Å². The third kappa shape index (κ3) is 4.68. The number of nitrogens with zero attached hydrogens (tertiary/aromatic N) is 4. The maximum Gasteiger partial charge on any atom is 0.324 e. The van der Waals surface area contributed by atoms with Gasteiger partial charge in [0, 0.05) is 42.6 Å². The van der Waals surface area contributed by atoms with Gasteiger partial charge in [0.15, 0.2) is 0 Å². The minimum atomic E-state index is -0.400. The van der Waals surface area contributed by atoms with Crippen molar-refractivity contribution in [3.8, 4) is 10.6 Å². The van der Waals surface area contributed by atoms with Gasteiger partial charge in [0.05, 0.1) is 5.69 Å². The highest BCUT2D eigenvalue weighted by Crippen LogP contribution is 2.25. The van der Waals surface area contributed by atoms with Crippen LogP contribution in [0.1, 0.15) is 19.5 Å². The summed E-state index contributed by atoms with van der Waals surface area (Å²) in [6.07, 6.45) is 5.08. The normalized spacial score (nSPS) is 10.4. The molecule has 0 aromatic carbocycles. The van der Waals surface area contributed by atoms with E-state index in [1.807, 2.05) is 30.9 Å². The molecule has 3 rings (SSSR count). The zero-order valence-corrected chi connectivity index (χ0v) is 17.2. The van der Waals surface area contributed by atoms with Gasteiger partial charge in [-0.15, -0.1) is 11.3 Å². The van der Waals surface area contributed by atoms with E-state index in [2.05, 4.69) is 25.6 Å². The second-order valence-electron chi connectivity index (χ2n) is 5.73. The van der Waals surface area contributed by atoms with Crippen molar-refractivity contribution in [2.24, 2.45) is 0 Å². The van der Waals surface area contributed by atoms with Gasteiger partial charge in [-0.1, -0.05) is 12.2 Å². The Morgan fingerprint density at radius 2 is 1.89 bits per heavy atom. The number of amides is 2. The standard InChI is InChI=1S/C19H20N6OS2/c1-3-25(4-2)18(27)16-14(6-5-9-21-16)22-19(26)24-15-12-28-17(23-15)13-7-10-20-11-8-13/h5-12H,3-4H2,1-2H3,(H2,22,24,26).